The highest BCUT2D eigenvalue weighted by Crippen LogP contribution is 2.50. The van der Waals surface area contributed by atoms with Crippen molar-refractivity contribution in [3.8, 4) is 0 Å². The summed E-state index contributed by atoms with van der Waals surface area (Å²) in [4.78, 5) is 12.4. The molecule has 0 unspecified atom stereocenters. The van der Waals surface area contributed by atoms with Gasteiger partial charge in [0.25, 0.3) is 0 Å². The standard InChI is InChI=1S/C15H17F4NO3S/c1-8-7-14(3-4-20(8)13(21)22)11-9(2-5-23-14)6-10(24-11)15(18,19)12(16)17/h6,8,12H,2-5,7H2,1H3,(H,21,22)/t8-,14+/m0/s1. The summed E-state index contributed by atoms with van der Waals surface area (Å²) in [5, 5.41) is 9.17. The van der Waals surface area contributed by atoms with Gasteiger partial charge in [0.15, 0.2) is 0 Å². The molecule has 9 heteroatoms. The Morgan fingerprint density at radius 3 is 2.83 bits per heavy atom. The number of carboxylic acid groups (broad SMARTS) is 1. The van der Waals surface area contributed by atoms with Crippen LogP contribution in [0.3, 0.4) is 0 Å². The summed E-state index contributed by atoms with van der Waals surface area (Å²) in [5.41, 5.74) is -0.252. The second-order valence-electron chi connectivity index (χ2n) is 6.26. The first-order valence-electron chi connectivity index (χ1n) is 7.60. The van der Waals surface area contributed by atoms with E-state index in [1.807, 2.05) is 0 Å². The Labute approximate surface area is 140 Å². The third-order valence-electron chi connectivity index (χ3n) is 4.73. The zero-order valence-corrected chi connectivity index (χ0v) is 13.7. The van der Waals surface area contributed by atoms with Crippen LogP contribution in [0.15, 0.2) is 6.07 Å². The van der Waals surface area contributed by atoms with E-state index in [1.165, 1.54) is 4.90 Å². The number of amides is 1. The van der Waals surface area contributed by atoms with Gasteiger partial charge in [0.2, 0.25) is 0 Å². The first-order chi connectivity index (χ1) is 11.2. The van der Waals surface area contributed by atoms with E-state index in [4.69, 9.17) is 9.84 Å². The zero-order chi connectivity index (χ0) is 17.7. The Morgan fingerprint density at radius 1 is 1.54 bits per heavy atom. The van der Waals surface area contributed by atoms with Crippen LogP contribution in [0, 0.1) is 0 Å². The van der Waals surface area contributed by atoms with Gasteiger partial charge in [0.1, 0.15) is 5.60 Å². The highest BCUT2D eigenvalue weighted by atomic mass is 32.1. The number of alkyl halides is 4. The van der Waals surface area contributed by atoms with Crippen LogP contribution in [-0.4, -0.2) is 41.7 Å². The van der Waals surface area contributed by atoms with Crippen LogP contribution in [0.25, 0.3) is 0 Å². The molecule has 3 rings (SSSR count). The number of nitrogens with zero attached hydrogens (tertiary/aromatic N) is 1. The summed E-state index contributed by atoms with van der Waals surface area (Å²) < 4.78 is 58.6. The molecule has 4 nitrogen and oxygen atoms in total. The number of hydrogen-bond acceptors (Lipinski definition) is 3. The van der Waals surface area contributed by atoms with E-state index in [1.54, 1.807) is 6.92 Å². The van der Waals surface area contributed by atoms with Gasteiger partial charge < -0.3 is 14.7 Å². The summed E-state index contributed by atoms with van der Waals surface area (Å²) in [7, 11) is 0. The SMILES string of the molecule is C[C@H]1C[C@@]2(CCN1C(=O)O)OCCc1cc(C(F)(F)C(F)F)sc12. The predicted molar refractivity (Wildman–Crippen MR) is 79.0 cm³/mol. The molecule has 1 aromatic rings. The van der Waals surface area contributed by atoms with Gasteiger partial charge in [-0.15, -0.1) is 11.3 Å². The highest BCUT2D eigenvalue weighted by molar-refractivity contribution is 7.12. The van der Waals surface area contributed by atoms with Crippen LogP contribution in [0.4, 0.5) is 22.4 Å². The topological polar surface area (TPSA) is 49.8 Å². The Balaban J connectivity index is 1.95. The van der Waals surface area contributed by atoms with Crippen LogP contribution >= 0.6 is 11.3 Å². The third kappa shape index (κ3) is 2.67. The third-order valence-corrected chi connectivity index (χ3v) is 6.18. The maximum absolute atomic E-state index is 13.7. The number of fused-ring (bicyclic) bond motifs is 2. The van der Waals surface area contributed by atoms with Crippen molar-refractivity contribution in [2.75, 3.05) is 13.2 Å². The lowest BCUT2D eigenvalue weighted by Crippen LogP contribution is -2.51. The highest BCUT2D eigenvalue weighted by Gasteiger charge is 2.50. The van der Waals surface area contributed by atoms with E-state index in [2.05, 4.69) is 0 Å². The fourth-order valence-corrected chi connectivity index (χ4v) is 4.89. The first-order valence-corrected chi connectivity index (χ1v) is 8.42. The molecule has 1 N–H and O–H groups in total. The van der Waals surface area contributed by atoms with E-state index in [0.717, 1.165) is 6.07 Å². The molecule has 24 heavy (non-hydrogen) atoms. The van der Waals surface area contributed by atoms with E-state index in [9.17, 15) is 22.4 Å². The molecule has 1 spiro atoms. The zero-order valence-electron chi connectivity index (χ0n) is 12.9. The number of ether oxygens (including phenoxy) is 1. The molecular weight excluding hydrogens is 350 g/mol. The number of halogens is 4. The average Bonchev–Trinajstić information content (AvgIpc) is 2.93. The summed E-state index contributed by atoms with van der Waals surface area (Å²) in [5.74, 6) is -4.18. The van der Waals surface area contributed by atoms with Crippen molar-refractivity contribution in [1.82, 2.24) is 4.90 Å². The molecular formula is C15H17F4NO3S. The van der Waals surface area contributed by atoms with Gasteiger partial charge in [-0.25, -0.2) is 13.6 Å². The van der Waals surface area contributed by atoms with Crippen LogP contribution < -0.4 is 0 Å². The van der Waals surface area contributed by atoms with Gasteiger partial charge in [-0.2, -0.15) is 8.78 Å². The van der Waals surface area contributed by atoms with Crippen molar-refractivity contribution in [1.29, 1.82) is 0 Å². The number of thiophene rings is 1. The van der Waals surface area contributed by atoms with Gasteiger partial charge in [-0.1, -0.05) is 0 Å². The maximum atomic E-state index is 13.7. The van der Waals surface area contributed by atoms with Gasteiger partial charge in [-0.05, 0) is 31.4 Å². The molecule has 0 radical (unpaired) electrons. The molecule has 1 saturated heterocycles. The number of rotatable bonds is 2. The van der Waals surface area contributed by atoms with Crippen molar-refractivity contribution < 1.29 is 32.2 Å². The minimum absolute atomic E-state index is 0.217. The van der Waals surface area contributed by atoms with E-state index in [-0.39, 0.29) is 12.6 Å². The second kappa shape index (κ2) is 5.87. The molecule has 0 bridgehead atoms. The Morgan fingerprint density at radius 2 is 2.25 bits per heavy atom. The molecule has 1 amide bonds. The van der Waals surface area contributed by atoms with Gasteiger partial charge in [0.05, 0.1) is 11.5 Å². The van der Waals surface area contributed by atoms with Crippen LogP contribution in [-0.2, 0) is 22.7 Å². The minimum Gasteiger partial charge on any atom is -0.465 e. The second-order valence-corrected chi connectivity index (χ2v) is 7.31. The monoisotopic (exact) mass is 367 g/mol. The summed E-state index contributed by atoms with van der Waals surface area (Å²) in [6, 6.07) is 0.813. The molecule has 2 atom stereocenters. The molecule has 1 aromatic heterocycles. The summed E-state index contributed by atoms with van der Waals surface area (Å²) in [6.45, 7) is 2.26. The van der Waals surface area contributed by atoms with Crippen LogP contribution in [0.5, 0.6) is 0 Å². The largest absolute Gasteiger partial charge is 0.465 e. The molecule has 0 aromatic carbocycles. The molecule has 134 valence electrons. The van der Waals surface area contributed by atoms with Crippen molar-refractivity contribution in [3.63, 3.8) is 0 Å². The molecule has 1 fully saturated rings. The van der Waals surface area contributed by atoms with Gasteiger partial charge in [-0.3, -0.25) is 0 Å². The van der Waals surface area contributed by atoms with Crippen molar-refractivity contribution in [2.45, 2.75) is 50.2 Å². The number of carbonyl (C=O) groups is 1. The van der Waals surface area contributed by atoms with E-state index >= 15 is 0 Å². The molecule has 3 heterocycles. The lowest BCUT2D eigenvalue weighted by Gasteiger charge is -2.46. The predicted octanol–water partition coefficient (Wildman–Crippen LogP) is 4.04. The maximum Gasteiger partial charge on any atom is 0.407 e. The Hall–Kier alpha value is -1.35. The van der Waals surface area contributed by atoms with E-state index in [0.29, 0.717) is 47.6 Å². The average molecular weight is 367 g/mol. The van der Waals surface area contributed by atoms with Gasteiger partial charge >= 0.3 is 18.4 Å². The smallest absolute Gasteiger partial charge is 0.407 e. The Kier molecular flexibility index (Phi) is 4.28. The van der Waals surface area contributed by atoms with Crippen molar-refractivity contribution >= 4 is 17.4 Å². The number of hydrogen-bond donors (Lipinski definition) is 1. The lowest BCUT2D eigenvalue weighted by atomic mass is 9.82. The van der Waals surface area contributed by atoms with Crippen LogP contribution in [0.2, 0.25) is 0 Å². The van der Waals surface area contributed by atoms with Crippen molar-refractivity contribution in [3.05, 3.63) is 21.4 Å². The van der Waals surface area contributed by atoms with Crippen molar-refractivity contribution in [2.24, 2.45) is 0 Å². The minimum atomic E-state index is -4.18. The number of piperidine rings is 1. The first kappa shape index (κ1) is 17.5. The fraction of sp³-hybridized carbons (Fsp3) is 0.667. The van der Waals surface area contributed by atoms with E-state index < -0.39 is 28.9 Å². The molecule has 0 aliphatic carbocycles. The lowest BCUT2D eigenvalue weighted by molar-refractivity contribution is -0.132. The summed E-state index contributed by atoms with van der Waals surface area (Å²) >= 11 is 0.667. The molecule has 0 saturated carbocycles. The van der Waals surface area contributed by atoms with Gasteiger partial charge in [0, 0.05) is 23.9 Å². The molecule has 2 aliphatic heterocycles. The fourth-order valence-electron chi connectivity index (χ4n) is 3.53. The quantitative estimate of drug-likeness (QED) is 0.803. The Bertz CT molecular complexity index is 651. The normalized spacial score (nSPS) is 27.6. The van der Waals surface area contributed by atoms with Crippen LogP contribution in [0.1, 0.15) is 35.1 Å². The number of likely N-dealkylation sites (tertiary alicyclic amines) is 1. The molecule has 2 aliphatic rings. The summed E-state index contributed by atoms with van der Waals surface area (Å²) in [6.07, 6.45) is -3.75.